The Morgan fingerprint density at radius 2 is 1.68 bits per heavy atom. The molecule has 0 fully saturated rings. The monoisotopic (exact) mass is 382 g/mol. The van der Waals surface area contributed by atoms with E-state index in [1.54, 1.807) is 24.4 Å². The van der Waals surface area contributed by atoms with E-state index in [9.17, 15) is 13.2 Å². The van der Waals surface area contributed by atoms with Crippen LogP contribution in [-0.4, -0.2) is 15.0 Å². The first kappa shape index (κ1) is 17.7. The standard InChI is InChI=1S/C20H13F3N4O/c21-20(22,23)13-4-6-14(7-5-13)28-19-15(2-1-9-25-19)12-3-8-17-16(10-12)18(24)27-11-26-17/h1-11H,(H2,24,26,27). The van der Waals surface area contributed by atoms with Crippen molar-refractivity contribution in [3.63, 3.8) is 0 Å². The predicted octanol–water partition coefficient (Wildman–Crippen LogP) is 5.09. The summed E-state index contributed by atoms with van der Waals surface area (Å²) in [6, 6.07) is 13.4. The number of nitrogen functional groups attached to an aromatic ring is 1. The molecule has 2 heterocycles. The molecular weight excluding hydrogens is 369 g/mol. The molecule has 0 bridgehead atoms. The van der Waals surface area contributed by atoms with Gasteiger partial charge in [-0.1, -0.05) is 6.07 Å². The third-order valence-electron chi connectivity index (χ3n) is 4.14. The van der Waals surface area contributed by atoms with Crippen molar-refractivity contribution >= 4 is 16.7 Å². The van der Waals surface area contributed by atoms with Gasteiger partial charge in [-0.25, -0.2) is 15.0 Å². The first-order valence-electron chi connectivity index (χ1n) is 8.22. The van der Waals surface area contributed by atoms with E-state index < -0.39 is 11.7 Å². The molecule has 8 heteroatoms. The summed E-state index contributed by atoms with van der Waals surface area (Å²) < 4.78 is 43.9. The highest BCUT2D eigenvalue weighted by atomic mass is 19.4. The molecule has 140 valence electrons. The van der Waals surface area contributed by atoms with Gasteiger partial charge in [0.15, 0.2) is 0 Å². The van der Waals surface area contributed by atoms with Crippen LogP contribution in [0.2, 0.25) is 0 Å². The number of hydrogen-bond acceptors (Lipinski definition) is 5. The Balaban J connectivity index is 1.71. The zero-order chi connectivity index (χ0) is 19.7. The molecule has 2 N–H and O–H groups in total. The lowest BCUT2D eigenvalue weighted by Crippen LogP contribution is -2.04. The fraction of sp³-hybridized carbons (Fsp3) is 0.0500. The summed E-state index contributed by atoms with van der Waals surface area (Å²) >= 11 is 0. The number of aromatic nitrogens is 3. The van der Waals surface area contributed by atoms with Crippen molar-refractivity contribution in [1.29, 1.82) is 0 Å². The van der Waals surface area contributed by atoms with E-state index >= 15 is 0 Å². The minimum absolute atomic E-state index is 0.247. The number of pyridine rings is 1. The molecule has 0 saturated carbocycles. The third-order valence-corrected chi connectivity index (χ3v) is 4.14. The zero-order valence-electron chi connectivity index (χ0n) is 14.3. The maximum absolute atomic E-state index is 12.7. The molecule has 4 aromatic rings. The summed E-state index contributed by atoms with van der Waals surface area (Å²) in [5, 5.41) is 0.685. The van der Waals surface area contributed by atoms with Gasteiger partial charge in [0.25, 0.3) is 0 Å². The molecule has 0 spiro atoms. The van der Waals surface area contributed by atoms with Gasteiger partial charge >= 0.3 is 6.18 Å². The molecule has 0 aliphatic carbocycles. The third kappa shape index (κ3) is 3.44. The van der Waals surface area contributed by atoms with Crippen molar-refractivity contribution in [3.8, 4) is 22.8 Å². The van der Waals surface area contributed by atoms with Crippen LogP contribution in [0.4, 0.5) is 19.0 Å². The quantitative estimate of drug-likeness (QED) is 0.535. The number of hydrogen-bond donors (Lipinski definition) is 1. The molecule has 0 amide bonds. The van der Waals surface area contributed by atoms with E-state index in [2.05, 4.69) is 15.0 Å². The van der Waals surface area contributed by atoms with Crippen molar-refractivity contribution in [3.05, 3.63) is 72.7 Å². The maximum atomic E-state index is 12.7. The number of halogens is 3. The summed E-state index contributed by atoms with van der Waals surface area (Å²) in [6.45, 7) is 0. The number of anilines is 1. The van der Waals surface area contributed by atoms with Crippen LogP contribution >= 0.6 is 0 Å². The molecule has 28 heavy (non-hydrogen) atoms. The molecule has 0 saturated heterocycles. The second kappa shape index (κ2) is 6.80. The lowest BCUT2D eigenvalue weighted by Gasteiger charge is -2.12. The highest BCUT2D eigenvalue weighted by Gasteiger charge is 2.30. The van der Waals surface area contributed by atoms with Gasteiger partial charge in [0.2, 0.25) is 5.88 Å². The Kier molecular flexibility index (Phi) is 4.31. The van der Waals surface area contributed by atoms with Gasteiger partial charge in [-0.05, 0) is 54.1 Å². The number of benzene rings is 2. The average molecular weight is 382 g/mol. The topological polar surface area (TPSA) is 73.9 Å². The Morgan fingerprint density at radius 1 is 0.893 bits per heavy atom. The molecule has 4 rings (SSSR count). The van der Waals surface area contributed by atoms with E-state index in [4.69, 9.17) is 10.5 Å². The van der Waals surface area contributed by atoms with Crippen molar-refractivity contribution in [2.75, 3.05) is 5.73 Å². The van der Waals surface area contributed by atoms with Gasteiger partial charge < -0.3 is 10.5 Å². The average Bonchev–Trinajstić information content (AvgIpc) is 2.68. The van der Waals surface area contributed by atoms with E-state index in [0.717, 1.165) is 17.7 Å². The van der Waals surface area contributed by atoms with Crippen molar-refractivity contribution in [2.24, 2.45) is 0 Å². The first-order chi connectivity index (χ1) is 13.4. The Bertz CT molecular complexity index is 1140. The summed E-state index contributed by atoms with van der Waals surface area (Å²) in [5.41, 5.74) is 7.31. The molecule has 5 nitrogen and oxygen atoms in total. The van der Waals surface area contributed by atoms with Gasteiger partial charge in [-0.2, -0.15) is 13.2 Å². The Labute approximate surface area is 157 Å². The maximum Gasteiger partial charge on any atom is 0.416 e. The molecule has 0 radical (unpaired) electrons. The van der Waals surface area contributed by atoms with Gasteiger partial charge in [0, 0.05) is 17.1 Å². The number of nitrogens with two attached hydrogens (primary N) is 1. The molecular formula is C20H13F3N4O. The molecule has 2 aromatic carbocycles. The number of nitrogens with zero attached hydrogens (tertiary/aromatic N) is 3. The summed E-state index contributed by atoms with van der Waals surface area (Å²) in [5.74, 6) is 0.856. The SMILES string of the molecule is Nc1ncnc2ccc(-c3cccnc3Oc3ccc(C(F)(F)F)cc3)cc12. The molecule has 0 aliphatic heterocycles. The lowest BCUT2D eigenvalue weighted by molar-refractivity contribution is -0.137. The van der Waals surface area contributed by atoms with Crippen molar-refractivity contribution < 1.29 is 17.9 Å². The first-order valence-corrected chi connectivity index (χ1v) is 8.22. The Hall–Kier alpha value is -3.68. The molecule has 0 atom stereocenters. The van der Waals surface area contributed by atoms with Crippen LogP contribution in [0, 0.1) is 0 Å². The summed E-state index contributed by atoms with van der Waals surface area (Å²) in [7, 11) is 0. The predicted molar refractivity (Wildman–Crippen MR) is 98.7 cm³/mol. The van der Waals surface area contributed by atoms with Gasteiger partial charge in [0.1, 0.15) is 17.9 Å². The molecule has 0 unspecified atom stereocenters. The van der Waals surface area contributed by atoms with E-state index in [0.29, 0.717) is 22.3 Å². The molecule has 0 aliphatic rings. The largest absolute Gasteiger partial charge is 0.438 e. The Morgan fingerprint density at radius 3 is 2.43 bits per heavy atom. The van der Waals surface area contributed by atoms with Crippen LogP contribution in [0.25, 0.3) is 22.0 Å². The van der Waals surface area contributed by atoms with Gasteiger partial charge in [-0.3, -0.25) is 0 Å². The lowest BCUT2D eigenvalue weighted by atomic mass is 10.0. The minimum Gasteiger partial charge on any atom is -0.438 e. The number of alkyl halides is 3. The number of fused-ring (bicyclic) bond motifs is 1. The fourth-order valence-electron chi connectivity index (χ4n) is 2.76. The van der Waals surface area contributed by atoms with Crippen molar-refractivity contribution in [1.82, 2.24) is 15.0 Å². The van der Waals surface area contributed by atoms with Crippen LogP contribution in [0.5, 0.6) is 11.6 Å². The van der Waals surface area contributed by atoms with Crippen LogP contribution < -0.4 is 10.5 Å². The summed E-state index contributed by atoms with van der Waals surface area (Å²) in [6.07, 6.45) is -1.47. The van der Waals surface area contributed by atoms with E-state index in [-0.39, 0.29) is 11.6 Å². The second-order valence-corrected chi connectivity index (χ2v) is 5.97. The van der Waals surface area contributed by atoms with Crippen LogP contribution in [-0.2, 0) is 6.18 Å². The van der Waals surface area contributed by atoms with Crippen LogP contribution in [0.3, 0.4) is 0 Å². The normalized spacial score (nSPS) is 11.5. The number of rotatable bonds is 3. The van der Waals surface area contributed by atoms with Crippen LogP contribution in [0.15, 0.2) is 67.1 Å². The van der Waals surface area contributed by atoms with Crippen LogP contribution in [0.1, 0.15) is 5.56 Å². The number of ether oxygens (including phenoxy) is 1. The van der Waals surface area contributed by atoms with E-state index in [1.165, 1.54) is 18.5 Å². The second-order valence-electron chi connectivity index (χ2n) is 5.97. The van der Waals surface area contributed by atoms with E-state index in [1.807, 2.05) is 12.1 Å². The van der Waals surface area contributed by atoms with Crippen molar-refractivity contribution in [2.45, 2.75) is 6.18 Å². The summed E-state index contributed by atoms with van der Waals surface area (Å²) in [4.78, 5) is 12.4. The minimum atomic E-state index is -4.40. The smallest absolute Gasteiger partial charge is 0.416 e. The highest BCUT2D eigenvalue weighted by molar-refractivity contribution is 5.92. The highest BCUT2D eigenvalue weighted by Crippen LogP contribution is 2.35. The molecule has 2 aromatic heterocycles. The van der Waals surface area contributed by atoms with Gasteiger partial charge in [-0.15, -0.1) is 0 Å². The zero-order valence-corrected chi connectivity index (χ0v) is 14.3. The van der Waals surface area contributed by atoms with Gasteiger partial charge in [0.05, 0.1) is 11.1 Å². The fourth-order valence-corrected chi connectivity index (χ4v) is 2.76.